The molecule has 7 nitrogen and oxygen atoms in total. The van der Waals surface area contributed by atoms with Gasteiger partial charge in [0.1, 0.15) is 12.0 Å². The highest BCUT2D eigenvalue weighted by Crippen LogP contribution is 2.25. The second-order valence-corrected chi connectivity index (χ2v) is 4.69. The number of piperazine rings is 1. The molecule has 3 N–H and O–H groups in total. The van der Waals surface area contributed by atoms with Gasteiger partial charge in [-0.3, -0.25) is 0 Å². The zero-order valence-electron chi connectivity index (χ0n) is 11.6. The fourth-order valence-electron chi connectivity index (χ4n) is 1.85. The molecule has 0 amide bonds. The molecule has 19 heavy (non-hydrogen) atoms. The van der Waals surface area contributed by atoms with Gasteiger partial charge in [0.25, 0.3) is 0 Å². The highest BCUT2D eigenvalue weighted by Gasteiger charge is 2.16. The molecular formula is C12H22N6O. The van der Waals surface area contributed by atoms with E-state index in [2.05, 4.69) is 32.4 Å². The maximum Gasteiger partial charge on any atom is 0.242 e. The number of likely N-dealkylation sites (N-methyl/N-ethyl adjacent to an activating group) is 1. The lowest BCUT2D eigenvalue weighted by Gasteiger charge is -2.32. The van der Waals surface area contributed by atoms with Crippen LogP contribution in [-0.2, 0) is 0 Å². The molecule has 1 aromatic rings. The predicted molar refractivity (Wildman–Crippen MR) is 74.9 cm³/mol. The summed E-state index contributed by atoms with van der Waals surface area (Å²) in [4.78, 5) is 10.5. The molecule has 7 heteroatoms. The summed E-state index contributed by atoms with van der Waals surface area (Å²) in [6, 6.07) is 0. The summed E-state index contributed by atoms with van der Waals surface area (Å²) >= 11 is 0. The number of anilines is 2. The fourth-order valence-corrected chi connectivity index (χ4v) is 1.85. The Morgan fingerprint density at radius 3 is 2.74 bits per heavy atom. The van der Waals surface area contributed by atoms with Crippen molar-refractivity contribution >= 4 is 11.5 Å². The highest BCUT2D eigenvalue weighted by atomic mass is 16.5. The van der Waals surface area contributed by atoms with Crippen LogP contribution in [-0.4, -0.2) is 59.7 Å². The van der Waals surface area contributed by atoms with Gasteiger partial charge in [0.2, 0.25) is 5.88 Å². The Hall–Kier alpha value is -1.60. The summed E-state index contributed by atoms with van der Waals surface area (Å²) in [5, 5.41) is 2.11. The van der Waals surface area contributed by atoms with E-state index in [1.165, 1.54) is 6.33 Å². The topological polar surface area (TPSA) is 79.5 Å². The van der Waals surface area contributed by atoms with Crippen molar-refractivity contribution < 1.29 is 4.74 Å². The Morgan fingerprint density at radius 1 is 1.32 bits per heavy atom. The summed E-state index contributed by atoms with van der Waals surface area (Å²) in [5.41, 5.74) is 9.72. The molecule has 0 atom stereocenters. The fraction of sp³-hybridized carbons (Fsp3) is 0.667. The summed E-state index contributed by atoms with van der Waals surface area (Å²) in [6.45, 7) is 6.57. The normalized spacial score (nSPS) is 17.4. The van der Waals surface area contributed by atoms with Crippen molar-refractivity contribution in [1.82, 2.24) is 19.9 Å². The van der Waals surface area contributed by atoms with E-state index in [1.807, 2.05) is 6.92 Å². The molecule has 1 saturated heterocycles. The first-order valence-corrected chi connectivity index (χ1v) is 6.64. The number of hydrogen-bond donors (Lipinski definition) is 2. The molecule has 0 bridgehead atoms. The molecule has 0 aromatic carbocycles. The second kappa shape index (κ2) is 6.53. The lowest BCUT2D eigenvalue weighted by Crippen LogP contribution is -2.47. The zero-order chi connectivity index (χ0) is 13.7. The Bertz CT molecular complexity index is 405. The molecule has 2 rings (SSSR count). The molecule has 0 aliphatic carbocycles. The minimum atomic E-state index is 0.452. The second-order valence-electron chi connectivity index (χ2n) is 4.69. The van der Waals surface area contributed by atoms with Crippen molar-refractivity contribution in [1.29, 1.82) is 0 Å². The first kappa shape index (κ1) is 13.8. The maximum atomic E-state index is 6.02. The molecular weight excluding hydrogens is 244 g/mol. The molecule has 2 heterocycles. The van der Waals surface area contributed by atoms with Crippen LogP contribution in [0.2, 0.25) is 0 Å². The molecule has 106 valence electrons. The van der Waals surface area contributed by atoms with Crippen LogP contribution in [0, 0.1) is 0 Å². The van der Waals surface area contributed by atoms with Crippen molar-refractivity contribution in [2.45, 2.75) is 13.3 Å². The van der Waals surface area contributed by atoms with Gasteiger partial charge >= 0.3 is 0 Å². The van der Waals surface area contributed by atoms with Crippen molar-refractivity contribution in [3.63, 3.8) is 0 Å². The number of nitrogens with zero attached hydrogens (tertiary/aromatic N) is 4. The van der Waals surface area contributed by atoms with Crippen LogP contribution in [0.1, 0.15) is 13.3 Å². The van der Waals surface area contributed by atoms with E-state index in [9.17, 15) is 0 Å². The predicted octanol–water partition coefficient (Wildman–Crippen LogP) is 0.422. The van der Waals surface area contributed by atoms with Gasteiger partial charge in [0.15, 0.2) is 5.82 Å². The van der Waals surface area contributed by atoms with Gasteiger partial charge in [0.05, 0.1) is 6.61 Å². The average Bonchev–Trinajstić information content (AvgIpc) is 2.42. The van der Waals surface area contributed by atoms with Crippen LogP contribution in [0.25, 0.3) is 0 Å². The van der Waals surface area contributed by atoms with Gasteiger partial charge in [-0.2, -0.15) is 4.98 Å². The van der Waals surface area contributed by atoms with E-state index in [0.717, 1.165) is 32.6 Å². The standard InChI is InChI=1S/C12H22N6O/c1-3-8-19-12-10(13)11(14-9-15-12)16-18-6-4-17(2)5-7-18/h9H,3-8,13H2,1-2H3,(H,14,15,16). The van der Waals surface area contributed by atoms with Crippen LogP contribution in [0.4, 0.5) is 11.5 Å². The van der Waals surface area contributed by atoms with Crippen molar-refractivity contribution in [3.8, 4) is 5.88 Å². The number of rotatable bonds is 5. The van der Waals surface area contributed by atoms with Gasteiger partial charge in [-0.1, -0.05) is 6.92 Å². The first-order valence-electron chi connectivity index (χ1n) is 6.64. The van der Waals surface area contributed by atoms with E-state index in [1.54, 1.807) is 0 Å². The van der Waals surface area contributed by atoms with E-state index in [-0.39, 0.29) is 0 Å². The smallest absolute Gasteiger partial charge is 0.242 e. The van der Waals surface area contributed by atoms with E-state index in [0.29, 0.717) is 24.0 Å². The Labute approximate surface area is 113 Å². The van der Waals surface area contributed by atoms with Gasteiger partial charge in [0, 0.05) is 26.2 Å². The maximum absolute atomic E-state index is 6.02. The molecule has 0 unspecified atom stereocenters. The lowest BCUT2D eigenvalue weighted by molar-refractivity contribution is 0.178. The Morgan fingerprint density at radius 2 is 2.05 bits per heavy atom. The summed E-state index contributed by atoms with van der Waals surface area (Å²) < 4.78 is 5.49. The largest absolute Gasteiger partial charge is 0.476 e. The van der Waals surface area contributed by atoms with Crippen LogP contribution in [0.5, 0.6) is 5.88 Å². The number of hydrogen-bond acceptors (Lipinski definition) is 7. The number of ether oxygens (including phenoxy) is 1. The molecule has 0 radical (unpaired) electrons. The summed E-state index contributed by atoms with van der Waals surface area (Å²) in [6.07, 6.45) is 2.39. The minimum Gasteiger partial charge on any atom is -0.476 e. The van der Waals surface area contributed by atoms with Crippen molar-refractivity contribution in [2.24, 2.45) is 0 Å². The Kier molecular flexibility index (Phi) is 4.75. The lowest BCUT2D eigenvalue weighted by atomic mass is 10.4. The van der Waals surface area contributed by atoms with Crippen LogP contribution in [0.15, 0.2) is 6.33 Å². The SMILES string of the molecule is CCCOc1ncnc(NN2CCN(C)CC2)c1N. The third-order valence-corrected chi connectivity index (χ3v) is 3.06. The number of nitrogens with two attached hydrogens (primary N) is 1. The summed E-state index contributed by atoms with van der Waals surface area (Å²) in [7, 11) is 2.12. The molecule has 1 aromatic heterocycles. The van der Waals surface area contributed by atoms with Gasteiger partial charge in [-0.05, 0) is 13.5 Å². The van der Waals surface area contributed by atoms with Crippen LogP contribution in [0.3, 0.4) is 0 Å². The molecule has 1 aliphatic heterocycles. The third-order valence-electron chi connectivity index (χ3n) is 3.06. The van der Waals surface area contributed by atoms with Crippen LogP contribution < -0.4 is 15.9 Å². The van der Waals surface area contributed by atoms with Gasteiger partial charge in [-0.15, -0.1) is 0 Å². The number of hydrazine groups is 1. The first-order chi connectivity index (χ1) is 9.20. The minimum absolute atomic E-state index is 0.452. The van der Waals surface area contributed by atoms with E-state index >= 15 is 0 Å². The molecule has 0 spiro atoms. The number of nitrogen functional groups attached to an aromatic ring is 1. The van der Waals surface area contributed by atoms with Crippen LogP contribution >= 0.6 is 0 Å². The highest BCUT2D eigenvalue weighted by molar-refractivity contribution is 5.65. The van der Waals surface area contributed by atoms with Crippen molar-refractivity contribution in [3.05, 3.63) is 6.33 Å². The third kappa shape index (κ3) is 3.68. The monoisotopic (exact) mass is 266 g/mol. The van der Waals surface area contributed by atoms with E-state index < -0.39 is 0 Å². The number of nitrogens with one attached hydrogen (secondary N) is 1. The zero-order valence-corrected chi connectivity index (χ0v) is 11.6. The van der Waals surface area contributed by atoms with Gasteiger partial charge in [-0.25, -0.2) is 9.99 Å². The average molecular weight is 266 g/mol. The Balaban J connectivity index is 1.99. The van der Waals surface area contributed by atoms with E-state index in [4.69, 9.17) is 10.5 Å². The quantitative estimate of drug-likeness (QED) is 0.799. The summed E-state index contributed by atoms with van der Waals surface area (Å²) in [5.74, 6) is 1.07. The number of aromatic nitrogens is 2. The molecule has 1 fully saturated rings. The van der Waals surface area contributed by atoms with Crippen molar-refractivity contribution in [2.75, 3.05) is 51.0 Å². The van der Waals surface area contributed by atoms with Gasteiger partial charge < -0.3 is 20.8 Å². The molecule has 0 saturated carbocycles. The molecule has 1 aliphatic rings.